The Bertz CT molecular complexity index is 280. The van der Waals surface area contributed by atoms with Gasteiger partial charge in [-0.1, -0.05) is 103 Å². The molecular formula is C22H43NO. The Kier molecular flexibility index (Phi) is 15.3. The summed E-state index contributed by atoms with van der Waals surface area (Å²) in [5.41, 5.74) is 0. The second-order valence-corrected chi connectivity index (χ2v) is 7.44. The van der Waals surface area contributed by atoms with E-state index in [4.69, 9.17) is 4.74 Å². The lowest BCUT2D eigenvalue weighted by molar-refractivity contribution is 0.264. The lowest BCUT2D eigenvalue weighted by Crippen LogP contribution is -2.04. The molecule has 1 aliphatic heterocycles. The molecule has 1 rings (SSSR count). The van der Waals surface area contributed by atoms with Crippen LogP contribution in [0.4, 0.5) is 0 Å². The zero-order chi connectivity index (χ0) is 17.1. The molecule has 0 aromatic rings. The lowest BCUT2D eigenvalue weighted by atomic mass is 10.0. The molecule has 0 amide bonds. The number of ether oxygens (including phenoxy) is 1. The molecule has 0 radical (unpaired) electrons. The van der Waals surface area contributed by atoms with Gasteiger partial charge in [-0.15, -0.1) is 0 Å². The average molecular weight is 338 g/mol. The molecule has 0 saturated carbocycles. The first-order valence-corrected chi connectivity index (χ1v) is 11.0. The minimum atomic E-state index is 0.838. The zero-order valence-electron chi connectivity index (χ0n) is 16.4. The highest BCUT2D eigenvalue weighted by atomic mass is 16.5. The molecule has 0 aliphatic carbocycles. The minimum absolute atomic E-state index is 0.838. The van der Waals surface area contributed by atoms with Gasteiger partial charge in [0, 0.05) is 0 Å². The van der Waals surface area contributed by atoms with Crippen molar-refractivity contribution in [3.05, 3.63) is 12.0 Å². The number of rotatable bonds is 17. The molecule has 142 valence electrons. The Labute approximate surface area is 151 Å². The highest BCUT2D eigenvalue weighted by molar-refractivity contribution is 4.93. The van der Waals surface area contributed by atoms with Crippen LogP contribution in [0, 0.1) is 0 Å². The van der Waals surface area contributed by atoms with Gasteiger partial charge in [0.25, 0.3) is 0 Å². The summed E-state index contributed by atoms with van der Waals surface area (Å²) in [7, 11) is 0. The maximum Gasteiger partial charge on any atom is 0.182 e. The smallest absolute Gasteiger partial charge is 0.182 e. The number of nitrogens with one attached hydrogen (secondary N) is 1. The predicted molar refractivity (Wildman–Crippen MR) is 106 cm³/mol. The van der Waals surface area contributed by atoms with E-state index in [1.165, 1.54) is 109 Å². The van der Waals surface area contributed by atoms with E-state index in [9.17, 15) is 0 Å². The average Bonchev–Trinajstić information content (AvgIpc) is 3.11. The Hall–Kier alpha value is -0.660. The molecule has 1 heterocycles. The van der Waals surface area contributed by atoms with Gasteiger partial charge >= 0.3 is 0 Å². The van der Waals surface area contributed by atoms with Crippen LogP contribution in [0.2, 0.25) is 0 Å². The van der Waals surface area contributed by atoms with E-state index in [0.717, 1.165) is 19.0 Å². The maximum absolute atomic E-state index is 5.43. The topological polar surface area (TPSA) is 21.3 Å². The van der Waals surface area contributed by atoms with Crippen LogP contribution in [0.5, 0.6) is 0 Å². The standard InChI is InChI=1S/C22H43NO/c1-2-3-4-5-6-7-8-9-10-11-12-13-14-15-16-17-18-19-22-23-20-21-24-22/h19,23H,2-18,20-21H2,1H3. The van der Waals surface area contributed by atoms with Crippen molar-refractivity contribution < 1.29 is 4.74 Å². The molecule has 2 nitrogen and oxygen atoms in total. The van der Waals surface area contributed by atoms with Gasteiger partial charge in [-0.05, 0) is 18.9 Å². The molecule has 1 aliphatic rings. The van der Waals surface area contributed by atoms with Crippen molar-refractivity contribution in [1.29, 1.82) is 0 Å². The molecule has 0 spiro atoms. The lowest BCUT2D eigenvalue weighted by Gasteiger charge is -2.03. The van der Waals surface area contributed by atoms with Crippen molar-refractivity contribution in [3.8, 4) is 0 Å². The summed E-state index contributed by atoms with van der Waals surface area (Å²) in [6.07, 6.45) is 26.4. The summed E-state index contributed by atoms with van der Waals surface area (Å²) in [4.78, 5) is 0. The van der Waals surface area contributed by atoms with E-state index in [0.29, 0.717) is 0 Å². The Morgan fingerprint density at radius 1 is 0.708 bits per heavy atom. The molecule has 1 N–H and O–H groups in total. The summed E-state index contributed by atoms with van der Waals surface area (Å²) >= 11 is 0. The van der Waals surface area contributed by atoms with Crippen LogP contribution in [0.3, 0.4) is 0 Å². The van der Waals surface area contributed by atoms with Gasteiger partial charge in [-0.25, -0.2) is 0 Å². The van der Waals surface area contributed by atoms with Gasteiger partial charge in [0.1, 0.15) is 6.61 Å². The molecule has 24 heavy (non-hydrogen) atoms. The first-order chi connectivity index (χ1) is 11.9. The number of hydrogen-bond acceptors (Lipinski definition) is 2. The van der Waals surface area contributed by atoms with E-state index >= 15 is 0 Å². The fourth-order valence-corrected chi connectivity index (χ4v) is 3.44. The second kappa shape index (κ2) is 17.2. The molecular weight excluding hydrogens is 294 g/mol. The molecule has 2 heteroatoms. The van der Waals surface area contributed by atoms with Gasteiger partial charge in [-0.3, -0.25) is 0 Å². The molecule has 0 unspecified atom stereocenters. The third kappa shape index (κ3) is 13.7. The van der Waals surface area contributed by atoms with Crippen LogP contribution >= 0.6 is 0 Å². The summed E-state index contributed by atoms with van der Waals surface area (Å²) in [6.45, 7) is 4.11. The SMILES string of the molecule is CCCCCCCCCCCCCCCCCCC=C1NCCO1. The minimum Gasteiger partial charge on any atom is -0.478 e. The summed E-state index contributed by atoms with van der Waals surface area (Å²) < 4.78 is 5.43. The normalized spacial score (nSPS) is 15.6. The van der Waals surface area contributed by atoms with Crippen molar-refractivity contribution in [2.45, 2.75) is 116 Å². The van der Waals surface area contributed by atoms with E-state index < -0.39 is 0 Å². The first-order valence-electron chi connectivity index (χ1n) is 11.0. The van der Waals surface area contributed by atoms with Gasteiger partial charge < -0.3 is 10.1 Å². The summed E-state index contributed by atoms with van der Waals surface area (Å²) in [5.74, 6) is 1.01. The third-order valence-corrected chi connectivity index (χ3v) is 5.05. The highest BCUT2D eigenvalue weighted by Gasteiger charge is 2.03. The number of unbranched alkanes of at least 4 members (excludes halogenated alkanes) is 16. The summed E-state index contributed by atoms with van der Waals surface area (Å²) in [5, 5.41) is 3.25. The fraction of sp³-hybridized carbons (Fsp3) is 0.909. The van der Waals surface area contributed by atoms with Crippen molar-refractivity contribution in [1.82, 2.24) is 5.32 Å². The third-order valence-electron chi connectivity index (χ3n) is 5.05. The van der Waals surface area contributed by atoms with Crippen molar-refractivity contribution in [2.24, 2.45) is 0 Å². The van der Waals surface area contributed by atoms with Gasteiger partial charge in [0.15, 0.2) is 5.88 Å². The molecule has 0 bridgehead atoms. The van der Waals surface area contributed by atoms with E-state index in [1.54, 1.807) is 0 Å². The van der Waals surface area contributed by atoms with Gasteiger partial charge in [0.2, 0.25) is 0 Å². The second-order valence-electron chi connectivity index (χ2n) is 7.44. The molecule has 1 saturated heterocycles. The quantitative estimate of drug-likeness (QED) is 0.286. The monoisotopic (exact) mass is 337 g/mol. The summed E-state index contributed by atoms with van der Waals surface area (Å²) in [6, 6.07) is 0. The Balaban J connectivity index is 1.67. The highest BCUT2D eigenvalue weighted by Crippen LogP contribution is 2.14. The van der Waals surface area contributed by atoms with E-state index in [2.05, 4.69) is 18.3 Å². The van der Waals surface area contributed by atoms with Crippen LogP contribution < -0.4 is 5.32 Å². The molecule has 1 fully saturated rings. The van der Waals surface area contributed by atoms with Gasteiger partial charge in [0.05, 0.1) is 6.54 Å². The number of allylic oxidation sites excluding steroid dienone is 1. The Morgan fingerprint density at radius 2 is 1.17 bits per heavy atom. The molecule has 0 aromatic carbocycles. The van der Waals surface area contributed by atoms with Crippen molar-refractivity contribution in [3.63, 3.8) is 0 Å². The molecule has 0 aromatic heterocycles. The largest absolute Gasteiger partial charge is 0.478 e. The van der Waals surface area contributed by atoms with E-state index in [1.807, 2.05) is 0 Å². The van der Waals surface area contributed by atoms with Crippen LogP contribution in [0.15, 0.2) is 12.0 Å². The number of hydrogen-bond donors (Lipinski definition) is 1. The maximum atomic E-state index is 5.43. The van der Waals surface area contributed by atoms with Gasteiger partial charge in [-0.2, -0.15) is 0 Å². The predicted octanol–water partition coefficient (Wildman–Crippen LogP) is 7.10. The fourth-order valence-electron chi connectivity index (χ4n) is 3.44. The molecule has 0 atom stereocenters. The van der Waals surface area contributed by atoms with Crippen molar-refractivity contribution in [2.75, 3.05) is 13.2 Å². The van der Waals surface area contributed by atoms with E-state index in [-0.39, 0.29) is 0 Å². The zero-order valence-corrected chi connectivity index (χ0v) is 16.4. The first kappa shape index (κ1) is 21.4. The Morgan fingerprint density at radius 3 is 1.58 bits per heavy atom. The van der Waals surface area contributed by atoms with Crippen LogP contribution in [-0.4, -0.2) is 13.2 Å². The van der Waals surface area contributed by atoms with Crippen LogP contribution in [-0.2, 0) is 4.74 Å². The van der Waals surface area contributed by atoms with Crippen LogP contribution in [0.25, 0.3) is 0 Å². The van der Waals surface area contributed by atoms with Crippen molar-refractivity contribution >= 4 is 0 Å². The van der Waals surface area contributed by atoms with Crippen LogP contribution in [0.1, 0.15) is 116 Å².